The lowest BCUT2D eigenvalue weighted by atomic mass is 9.82. The number of fused-ring (bicyclic) bond motifs is 3. The van der Waals surface area contributed by atoms with Crippen LogP contribution >= 0.6 is 0 Å². The average molecular weight is 377 g/mol. The average Bonchev–Trinajstić information content (AvgIpc) is 2.63. The van der Waals surface area contributed by atoms with E-state index in [0.717, 1.165) is 22.9 Å². The molecule has 3 atom stereocenters. The van der Waals surface area contributed by atoms with Crippen LogP contribution < -0.4 is 5.32 Å². The summed E-state index contributed by atoms with van der Waals surface area (Å²) in [6, 6.07) is 6.80. The number of nitrogens with one attached hydrogen (secondary N) is 1. The molecule has 0 aromatic heterocycles. The predicted molar refractivity (Wildman–Crippen MR) is 96.3 cm³/mol. The minimum atomic E-state index is -1.21. The van der Waals surface area contributed by atoms with Gasteiger partial charge in [-0.15, -0.1) is 0 Å². The van der Waals surface area contributed by atoms with Gasteiger partial charge in [-0.1, -0.05) is 32.9 Å². The van der Waals surface area contributed by atoms with Crippen molar-refractivity contribution >= 4 is 5.69 Å². The van der Waals surface area contributed by atoms with Crippen LogP contribution in [0.25, 0.3) is 0 Å². The topological polar surface area (TPSA) is 30.5 Å². The molecule has 2 heterocycles. The summed E-state index contributed by atoms with van der Waals surface area (Å²) < 4.78 is 53.4. The van der Waals surface area contributed by atoms with E-state index < -0.39 is 35.7 Å². The Kier molecular flexibility index (Phi) is 4.43. The Morgan fingerprint density at radius 2 is 1.59 bits per heavy atom. The van der Waals surface area contributed by atoms with Crippen molar-refractivity contribution < 1.29 is 22.6 Å². The molecule has 0 amide bonds. The number of ether oxygens (including phenoxy) is 2. The van der Waals surface area contributed by atoms with Crippen LogP contribution in [0, 0.1) is 17.5 Å². The smallest absolute Gasteiger partial charge is 0.161 e. The first-order chi connectivity index (χ1) is 12.8. The maximum absolute atomic E-state index is 14.4. The summed E-state index contributed by atoms with van der Waals surface area (Å²) in [6.45, 7) is 7.16. The molecular weight excluding hydrogens is 355 g/mol. The first kappa shape index (κ1) is 18.3. The van der Waals surface area contributed by atoms with Gasteiger partial charge in [-0.05, 0) is 23.1 Å². The molecule has 0 spiro atoms. The summed E-state index contributed by atoms with van der Waals surface area (Å²) in [6.07, 6.45) is -0.948. The van der Waals surface area contributed by atoms with Crippen molar-refractivity contribution in [3.05, 3.63) is 64.5 Å². The van der Waals surface area contributed by atoms with Crippen molar-refractivity contribution in [1.29, 1.82) is 0 Å². The van der Waals surface area contributed by atoms with Crippen molar-refractivity contribution in [3.63, 3.8) is 0 Å². The van der Waals surface area contributed by atoms with E-state index in [2.05, 4.69) is 32.2 Å². The van der Waals surface area contributed by atoms with Gasteiger partial charge >= 0.3 is 0 Å². The van der Waals surface area contributed by atoms with Gasteiger partial charge < -0.3 is 14.8 Å². The van der Waals surface area contributed by atoms with E-state index in [0.29, 0.717) is 19.3 Å². The number of rotatable bonds is 1. The van der Waals surface area contributed by atoms with Crippen molar-refractivity contribution in [2.75, 3.05) is 18.5 Å². The number of hydrogen-bond acceptors (Lipinski definition) is 3. The molecule has 2 aromatic carbocycles. The lowest BCUT2D eigenvalue weighted by molar-refractivity contribution is -0.151. The van der Waals surface area contributed by atoms with Crippen LogP contribution in [0.4, 0.5) is 18.9 Å². The molecule has 0 radical (unpaired) electrons. The third kappa shape index (κ3) is 3.21. The van der Waals surface area contributed by atoms with Gasteiger partial charge in [-0.2, -0.15) is 0 Å². The van der Waals surface area contributed by atoms with Crippen LogP contribution in [-0.4, -0.2) is 19.3 Å². The number of benzene rings is 2. The minimum absolute atomic E-state index is 0.0277. The van der Waals surface area contributed by atoms with Crippen LogP contribution in [-0.2, 0) is 14.9 Å². The molecule has 144 valence electrons. The van der Waals surface area contributed by atoms with Crippen LogP contribution in [0.15, 0.2) is 30.3 Å². The lowest BCUT2D eigenvalue weighted by Crippen LogP contribution is -2.43. The van der Waals surface area contributed by atoms with Gasteiger partial charge in [0.05, 0.1) is 19.3 Å². The maximum atomic E-state index is 14.4. The van der Waals surface area contributed by atoms with E-state index >= 15 is 0 Å². The van der Waals surface area contributed by atoms with E-state index in [1.165, 1.54) is 0 Å². The summed E-state index contributed by atoms with van der Waals surface area (Å²) in [5.41, 5.74) is 2.85. The van der Waals surface area contributed by atoms with Gasteiger partial charge in [0.1, 0.15) is 18.0 Å². The highest BCUT2D eigenvalue weighted by atomic mass is 19.2. The van der Waals surface area contributed by atoms with E-state index in [-0.39, 0.29) is 11.0 Å². The van der Waals surface area contributed by atoms with Crippen molar-refractivity contribution in [3.8, 4) is 0 Å². The standard InChI is InChI=1S/C21H22F3NO2/c1-21(2,3)11-4-5-17-13(8-11)19-20(27-7-6-26-19)18(25-17)12-9-15(23)16(24)10-14(12)22/h4-5,8-10,18-20,25H,6-7H2,1-3H3. The number of hydrogen-bond donors (Lipinski definition) is 1. The Balaban J connectivity index is 1.80. The Morgan fingerprint density at radius 3 is 2.33 bits per heavy atom. The van der Waals surface area contributed by atoms with Gasteiger partial charge in [0.25, 0.3) is 0 Å². The Hall–Kier alpha value is -2.05. The molecule has 4 rings (SSSR count). The summed E-state index contributed by atoms with van der Waals surface area (Å²) in [4.78, 5) is 0. The second-order valence-electron chi connectivity index (χ2n) is 8.09. The predicted octanol–water partition coefficient (Wildman–Crippen LogP) is 5.02. The number of halogens is 3. The molecule has 2 aromatic rings. The van der Waals surface area contributed by atoms with Gasteiger partial charge in [-0.25, -0.2) is 13.2 Å². The second kappa shape index (κ2) is 6.53. The molecule has 2 aliphatic heterocycles. The van der Waals surface area contributed by atoms with Gasteiger partial charge in [-0.3, -0.25) is 0 Å². The molecule has 1 N–H and O–H groups in total. The van der Waals surface area contributed by atoms with Crippen molar-refractivity contribution in [2.45, 2.75) is 44.4 Å². The zero-order chi connectivity index (χ0) is 19.3. The van der Waals surface area contributed by atoms with E-state index in [1.807, 2.05) is 12.1 Å². The van der Waals surface area contributed by atoms with Crippen LogP contribution in [0.1, 0.15) is 49.6 Å². The zero-order valence-electron chi connectivity index (χ0n) is 15.5. The van der Waals surface area contributed by atoms with Crippen LogP contribution in [0.2, 0.25) is 0 Å². The fraction of sp³-hybridized carbons (Fsp3) is 0.429. The second-order valence-corrected chi connectivity index (χ2v) is 8.09. The fourth-order valence-corrected chi connectivity index (χ4v) is 3.76. The van der Waals surface area contributed by atoms with Gasteiger partial charge in [0.15, 0.2) is 11.6 Å². The first-order valence-electron chi connectivity index (χ1n) is 9.04. The Bertz CT molecular complexity index is 878. The summed E-state index contributed by atoms with van der Waals surface area (Å²) >= 11 is 0. The van der Waals surface area contributed by atoms with E-state index in [9.17, 15) is 13.2 Å². The minimum Gasteiger partial charge on any atom is -0.375 e. The van der Waals surface area contributed by atoms with Gasteiger partial charge in [0, 0.05) is 22.9 Å². The normalized spacial score (nSPS) is 24.7. The Morgan fingerprint density at radius 1 is 0.889 bits per heavy atom. The molecule has 0 aliphatic carbocycles. The summed E-state index contributed by atoms with van der Waals surface area (Å²) in [5, 5.41) is 3.24. The molecule has 1 fully saturated rings. The highest BCUT2D eigenvalue weighted by Gasteiger charge is 2.42. The molecule has 3 unspecified atom stereocenters. The van der Waals surface area contributed by atoms with E-state index in [1.54, 1.807) is 0 Å². The van der Waals surface area contributed by atoms with Crippen molar-refractivity contribution in [1.82, 2.24) is 0 Å². The Labute approximate surface area is 156 Å². The molecule has 3 nitrogen and oxygen atoms in total. The lowest BCUT2D eigenvalue weighted by Gasteiger charge is -2.43. The SMILES string of the molecule is CC(C)(C)c1ccc2c(c1)C1OCCOC1C(c1cc(F)c(F)cc1F)N2. The third-order valence-corrected chi connectivity index (χ3v) is 5.23. The molecule has 0 saturated carbocycles. The summed E-state index contributed by atoms with van der Waals surface area (Å²) in [5.74, 6) is -3.11. The van der Waals surface area contributed by atoms with Gasteiger partial charge in [0.2, 0.25) is 0 Å². The zero-order valence-corrected chi connectivity index (χ0v) is 15.5. The quantitative estimate of drug-likeness (QED) is 0.708. The highest BCUT2D eigenvalue weighted by Crippen LogP contribution is 2.45. The van der Waals surface area contributed by atoms with Crippen LogP contribution in [0.3, 0.4) is 0 Å². The first-order valence-corrected chi connectivity index (χ1v) is 9.04. The fourth-order valence-electron chi connectivity index (χ4n) is 3.76. The maximum Gasteiger partial charge on any atom is 0.161 e. The monoisotopic (exact) mass is 377 g/mol. The molecule has 2 aliphatic rings. The molecule has 6 heteroatoms. The molecule has 27 heavy (non-hydrogen) atoms. The summed E-state index contributed by atoms with van der Waals surface area (Å²) in [7, 11) is 0. The highest BCUT2D eigenvalue weighted by molar-refractivity contribution is 5.59. The van der Waals surface area contributed by atoms with E-state index in [4.69, 9.17) is 9.47 Å². The third-order valence-electron chi connectivity index (χ3n) is 5.23. The molecule has 0 bridgehead atoms. The molecule has 1 saturated heterocycles. The van der Waals surface area contributed by atoms with Crippen LogP contribution in [0.5, 0.6) is 0 Å². The van der Waals surface area contributed by atoms with Crippen molar-refractivity contribution in [2.24, 2.45) is 0 Å². The largest absolute Gasteiger partial charge is 0.375 e. The number of anilines is 1. The molecular formula is C21H22F3NO2.